The van der Waals surface area contributed by atoms with E-state index >= 15 is 0 Å². The van der Waals surface area contributed by atoms with Crippen molar-refractivity contribution in [2.45, 2.75) is 6.42 Å². The summed E-state index contributed by atoms with van der Waals surface area (Å²) in [5.74, 6) is -1.56. The van der Waals surface area contributed by atoms with Gasteiger partial charge in [-0.1, -0.05) is 0 Å². The Labute approximate surface area is 119 Å². The van der Waals surface area contributed by atoms with E-state index in [9.17, 15) is 19.7 Å². The molecule has 0 aromatic heterocycles. The Balaban J connectivity index is 2.39. The lowest BCUT2D eigenvalue weighted by molar-refractivity contribution is -0.384. The van der Waals surface area contributed by atoms with Crippen LogP contribution in [0.4, 0.5) is 11.4 Å². The van der Waals surface area contributed by atoms with Gasteiger partial charge in [0.15, 0.2) is 0 Å². The van der Waals surface area contributed by atoms with Gasteiger partial charge in [0, 0.05) is 19.0 Å². The van der Waals surface area contributed by atoms with Crippen molar-refractivity contribution in [2.75, 3.05) is 18.6 Å². The highest BCUT2D eigenvalue weighted by Crippen LogP contribution is 2.33. The highest BCUT2D eigenvalue weighted by Gasteiger charge is 2.38. The quantitative estimate of drug-likeness (QED) is 0.465. The number of carbonyl (C=O) groups excluding carboxylic acids is 2. The summed E-state index contributed by atoms with van der Waals surface area (Å²) < 4.78 is 4.59. The van der Waals surface area contributed by atoms with Crippen molar-refractivity contribution in [1.29, 1.82) is 5.26 Å². The topological polar surface area (TPSA) is 114 Å². The third-order valence-electron chi connectivity index (χ3n) is 3.25. The predicted molar refractivity (Wildman–Crippen MR) is 70.3 cm³/mol. The van der Waals surface area contributed by atoms with Crippen LogP contribution < -0.4 is 4.90 Å². The number of nitro benzene ring substituents is 1. The van der Waals surface area contributed by atoms with Gasteiger partial charge in [0.05, 0.1) is 29.6 Å². The number of methoxy groups -OCH3 is 1. The smallest absolute Gasteiger partial charge is 0.311 e. The molecule has 1 saturated heterocycles. The molecule has 1 aromatic rings. The molecule has 0 spiro atoms. The number of anilines is 1. The van der Waals surface area contributed by atoms with E-state index in [4.69, 9.17) is 5.26 Å². The number of hydrogen-bond acceptors (Lipinski definition) is 6. The van der Waals surface area contributed by atoms with Gasteiger partial charge in [0.25, 0.3) is 5.69 Å². The van der Waals surface area contributed by atoms with Crippen LogP contribution in [0.1, 0.15) is 12.0 Å². The second kappa shape index (κ2) is 5.58. The van der Waals surface area contributed by atoms with Gasteiger partial charge in [-0.05, 0) is 12.1 Å². The van der Waals surface area contributed by atoms with E-state index in [2.05, 4.69) is 4.74 Å². The lowest BCUT2D eigenvalue weighted by Crippen LogP contribution is -2.26. The van der Waals surface area contributed by atoms with E-state index in [0.717, 1.165) is 6.07 Å². The van der Waals surface area contributed by atoms with Crippen molar-refractivity contribution in [2.24, 2.45) is 5.92 Å². The number of ether oxygens (including phenoxy) is 1. The minimum Gasteiger partial charge on any atom is -0.469 e. The van der Waals surface area contributed by atoms with E-state index in [0.29, 0.717) is 0 Å². The number of nitriles is 1. The fourth-order valence-corrected chi connectivity index (χ4v) is 2.23. The Bertz CT molecular complexity index is 664. The SMILES string of the molecule is COC(=O)C1CC(=O)N(c2ccc(C#N)cc2[N+](=O)[O-])C1. The Hall–Kier alpha value is -2.95. The maximum atomic E-state index is 12.0. The molecule has 1 fully saturated rings. The molecule has 8 heteroatoms. The van der Waals surface area contributed by atoms with E-state index in [1.807, 2.05) is 0 Å². The second-order valence-electron chi connectivity index (χ2n) is 4.50. The first kappa shape index (κ1) is 14.5. The standard InChI is InChI=1S/C13H11N3O5/c1-21-13(18)9-5-12(17)15(7-9)10-3-2-8(6-14)4-11(10)16(19)20/h2-4,9H,5,7H2,1H3. The first-order chi connectivity index (χ1) is 9.97. The van der Waals surface area contributed by atoms with Crippen LogP contribution in [-0.2, 0) is 14.3 Å². The van der Waals surface area contributed by atoms with Gasteiger partial charge in [0.2, 0.25) is 5.91 Å². The number of esters is 1. The maximum Gasteiger partial charge on any atom is 0.311 e. The molecule has 0 aliphatic carbocycles. The molecule has 0 bridgehead atoms. The average Bonchev–Trinajstić information content (AvgIpc) is 2.87. The molecule has 1 unspecified atom stereocenters. The zero-order chi connectivity index (χ0) is 15.6. The molecule has 0 saturated carbocycles. The van der Waals surface area contributed by atoms with Crippen LogP contribution in [-0.4, -0.2) is 30.5 Å². The third kappa shape index (κ3) is 2.67. The van der Waals surface area contributed by atoms with Crippen LogP contribution in [0.15, 0.2) is 18.2 Å². The Morgan fingerprint density at radius 2 is 2.29 bits per heavy atom. The van der Waals surface area contributed by atoms with Gasteiger partial charge in [-0.2, -0.15) is 5.26 Å². The van der Waals surface area contributed by atoms with Crippen molar-refractivity contribution in [1.82, 2.24) is 0 Å². The third-order valence-corrected chi connectivity index (χ3v) is 3.25. The van der Waals surface area contributed by atoms with E-state index in [1.165, 1.54) is 24.1 Å². The second-order valence-corrected chi connectivity index (χ2v) is 4.50. The fraction of sp³-hybridized carbons (Fsp3) is 0.308. The lowest BCUT2D eigenvalue weighted by Gasteiger charge is -2.16. The molecule has 108 valence electrons. The van der Waals surface area contributed by atoms with Gasteiger partial charge in [-0.15, -0.1) is 0 Å². The van der Waals surface area contributed by atoms with Crippen LogP contribution in [0.5, 0.6) is 0 Å². The van der Waals surface area contributed by atoms with E-state index in [-0.39, 0.29) is 29.9 Å². The largest absolute Gasteiger partial charge is 0.469 e. The number of amides is 1. The highest BCUT2D eigenvalue weighted by atomic mass is 16.6. The Morgan fingerprint density at radius 3 is 2.86 bits per heavy atom. The van der Waals surface area contributed by atoms with Crippen LogP contribution in [0.2, 0.25) is 0 Å². The molecule has 1 aliphatic heterocycles. The van der Waals surface area contributed by atoms with Crippen molar-refractivity contribution < 1.29 is 19.2 Å². The monoisotopic (exact) mass is 289 g/mol. The van der Waals surface area contributed by atoms with Crippen LogP contribution in [0, 0.1) is 27.4 Å². The molecule has 1 aliphatic rings. The molecule has 21 heavy (non-hydrogen) atoms. The zero-order valence-electron chi connectivity index (χ0n) is 11.1. The van der Waals surface area contributed by atoms with Crippen molar-refractivity contribution in [3.8, 4) is 6.07 Å². The Kier molecular flexibility index (Phi) is 3.84. The summed E-state index contributed by atoms with van der Waals surface area (Å²) in [6.07, 6.45) is -0.0518. The van der Waals surface area contributed by atoms with Gasteiger partial charge in [0.1, 0.15) is 5.69 Å². The highest BCUT2D eigenvalue weighted by molar-refractivity contribution is 6.01. The molecule has 1 atom stereocenters. The Morgan fingerprint density at radius 1 is 1.57 bits per heavy atom. The van der Waals surface area contributed by atoms with E-state index in [1.54, 1.807) is 6.07 Å². The molecule has 0 N–H and O–H groups in total. The van der Waals surface area contributed by atoms with E-state index < -0.39 is 22.7 Å². The average molecular weight is 289 g/mol. The molecule has 2 rings (SSSR count). The van der Waals surface area contributed by atoms with Crippen LogP contribution in [0.3, 0.4) is 0 Å². The summed E-state index contributed by atoms with van der Waals surface area (Å²) in [5, 5.41) is 19.9. The number of nitrogens with zero attached hydrogens (tertiary/aromatic N) is 3. The first-order valence-electron chi connectivity index (χ1n) is 6.04. The molecule has 1 heterocycles. The number of rotatable bonds is 3. The molecular weight excluding hydrogens is 278 g/mol. The predicted octanol–water partition coefficient (Wildman–Crippen LogP) is 0.992. The molecule has 0 radical (unpaired) electrons. The normalized spacial score (nSPS) is 17.4. The first-order valence-corrected chi connectivity index (χ1v) is 6.04. The summed E-state index contributed by atoms with van der Waals surface area (Å²) in [6.45, 7) is 0.0260. The van der Waals surface area contributed by atoms with Crippen LogP contribution >= 0.6 is 0 Å². The lowest BCUT2D eigenvalue weighted by atomic mass is 10.1. The van der Waals surface area contributed by atoms with Crippen molar-refractivity contribution in [3.63, 3.8) is 0 Å². The molecule has 8 nitrogen and oxygen atoms in total. The summed E-state index contributed by atoms with van der Waals surface area (Å²) >= 11 is 0. The fourth-order valence-electron chi connectivity index (χ4n) is 2.23. The van der Waals surface area contributed by atoms with Gasteiger partial charge >= 0.3 is 5.97 Å². The van der Waals surface area contributed by atoms with Crippen molar-refractivity contribution in [3.05, 3.63) is 33.9 Å². The summed E-state index contributed by atoms with van der Waals surface area (Å²) in [4.78, 5) is 35.1. The number of hydrogen-bond donors (Lipinski definition) is 0. The molecular formula is C13H11N3O5. The summed E-state index contributed by atoms with van der Waals surface area (Å²) in [5.41, 5.74) is -0.134. The van der Waals surface area contributed by atoms with Gasteiger partial charge in [-0.3, -0.25) is 19.7 Å². The summed E-state index contributed by atoms with van der Waals surface area (Å²) in [7, 11) is 1.22. The number of carbonyl (C=O) groups is 2. The molecule has 1 aromatic carbocycles. The number of nitro groups is 1. The maximum absolute atomic E-state index is 12.0. The number of benzene rings is 1. The minimum atomic E-state index is -0.658. The van der Waals surface area contributed by atoms with Crippen molar-refractivity contribution >= 4 is 23.3 Å². The van der Waals surface area contributed by atoms with Crippen LogP contribution in [0.25, 0.3) is 0 Å². The molecule has 1 amide bonds. The van der Waals surface area contributed by atoms with Gasteiger partial charge in [-0.25, -0.2) is 0 Å². The van der Waals surface area contributed by atoms with Gasteiger partial charge < -0.3 is 9.64 Å². The minimum absolute atomic E-state index is 0.0260. The zero-order valence-corrected chi connectivity index (χ0v) is 11.1. The summed E-state index contributed by atoms with van der Waals surface area (Å²) in [6, 6.07) is 5.64.